The van der Waals surface area contributed by atoms with Crippen molar-refractivity contribution in [2.75, 3.05) is 7.11 Å². The molecular weight excluding hydrogens is 280 g/mol. The molecule has 0 saturated heterocycles. The van der Waals surface area contributed by atoms with Gasteiger partial charge in [-0.1, -0.05) is 23.8 Å². The van der Waals surface area contributed by atoms with Crippen LogP contribution in [0.4, 0.5) is 0 Å². The second-order valence-electron chi connectivity index (χ2n) is 5.25. The molecule has 0 radical (unpaired) electrons. The Morgan fingerprint density at radius 1 is 1.09 bits per heavy atom. The van der Waals surface area contributed by atoms with Gasteiger partial charge in [0.2, 0.25) is 0 Å². The third-order valence-electron chi connectivity index (χ3n) is 3.52. The summed E-state index contributed by atoms with van der Waals surface area (Å²) >= 11 is 0. The maximum Gasteiger partial charge on any atom is 0.345 e. The van der Waals surface area contributed by atoms with Crippen molar-refractivity contribution < 1.29 is 19.4 Å². The van der Waals surface area contributed by atoms with E-state index in [-0.39, 0.29) is 0 Å². The van der Waals surface area contributed by atoms with E-state index in [4.69, 9.17) is 9.47 Å². The number of benzene rings is 2. The summed E-state index contributed by atoms with van der Waals surface area (Å²) in [5.74, 6) is 0.240. The van der Waals surface area contributed by atoms with E-state index in [2.05, 4.69) is 0 Å². The molecule has 2 rings (SSSR count). The number of hydrogen-bond acceptors (Lipinski definition) is 3. The van der Waals surface area contributed by atoms with Crippen molar-refractivity contribution in [1.82, 2.24) is 0 Å². The quantitative estimate of drug-likeness (QED) is 0.888. The number of carboxylic acids is 1. The Kier molecular flexibility index (Phi) is 5.04. The van der Waals surface area contributed by atoms with Gasteiger partial charge in [-0.05, 0) is 49.2 Å². The normalized spacial score (nSPS) is 11.8. The van der Waals surface area contributed by atoms with Crippen LogP contribution in [-0.4, -0.2) is 24.3 Å². The van der Waals surface area contributed by atoms with E-state index in [1.54, 1.807) is 31.4 Å². The summed E-state index contributed by atoms with van der Waals surface area (Å²) in [4.78, 5) is 11.5. The molecule has 0 saturated carbocycles. The van der Waals surface area contributed by atoms with Gasteiger partial charge in [0.15, 0.2) is 6.10 Å². The lowest BCUT2D eigenvalue weighted by Crippen LogP contribution is -2.29. The third kappa shape index (κ3) is 4.01. The van der Waals surface area contributed by atoms with E-state index < -0.39 is 12.1 Å². The number of hydrogen-bond donors (Lipinski definition) is 1. The zero-order valence-electron chi connectivity index (χ0n) is 13.0. The molecule has 1 atom stereocenters. The van der Waals surface area contributed by atoms with E-state index >= 15 is 0 Å². The van der Waals surface area contributed by atoms with Gasteiger partial charge in [0.25, 0.3) is 0 Å². The number of ether oxygens (including phenoxy) is 2. The van der Waals surface area contributed by atoms with E-state index in [0.717, 1.165) is 16.7 Å². The highest BCUT2D eigenvalue weighted by Crippen LogP contribution is 2.20. The van der Waals surface area contributed by atoms with Gasteiger partial charge in [0.05, 0.1) is 7.11 Å². The van der Waals surface area contributed by atoms with Crippen LogP contribution in [0.1, 0.15) is 16.7 Å². The Bertz CT molecular complexity index is 647. The molecule has 22 heavy (non-hydrogen) atoms. The lowest BCUT2D eigenvalue weighted by atomic mass is 10.00. The maximum atomic E-state index is 11.5. The monoisotopic (exact) mass is 300 g/mol. The standard InChI is InChI=1S/C18H20O4/c1-12-4-5-13(2)14(10-12)11-17(18(19)20)22-16-8-6-15(21-3)7-9-16/h4-10,17H,11H2,1-3H3,(H,19,20). The molecule has 0 aliphatic rings. The molecule has 0 fully saturated rings. The molecular formula is C18H20O4. The van der Waals surface area contributed by atoms with E-state index in [0.29, 0.717) is 17.9 Å². The van der Waals surface area contributed by atoms with Gasteiger partial charge in [0.1, 0.15) is 11.5 Å². The lowest BCUT2D eigenvalue weighted by Gasteiger charge is -2.17. The number of methoxy groups -OCH3 is 1. The highest BCUT2D eigenvalue weighted by Gasteiger charge is 2.21. The second-order valence-corrected chi connectivity index (χ2v) is 5.25. The molecule has 0 aliphatic carbocycles. The Morgan fingerprint density at radius 3 is 2.32 bits per heavy atom. The summed E-state index contributed by atoms with van der Waals surface area (Å²) in [6, 6.07) is 12.9. The fourth-order valence-electron chi connectivity index (χ4n) is 2.22. The van der Waals surface area contributed by atoms with Gasteiger partial charge in [-0.25, -0.2) is 4.79 Å². The second kappa shape index (κ2) is 6.98. The number of aryl methyl sites for hydroxylation is 2. The molecule has 0 aliphatic heterocycles. The highest BCUT2D eigenvalue weighted by atomic mass is 16.5. The highest BCUT2D eigenvalue weighted by molar-refractivity contribution is 5.73. The average molecular weight is 300 g/mol. The lowest BCUT2D eigenvalue weighted by molar-refractivity contribution is -0.145. The zero-order valence-corrected chi connectivity index (χ0v) is 13.0. The van der Waals surface area contributed by atoms with Gasteiger partial charge >= 0.3 is 5.97 Å². The van der Waals surface area contributed by atoms with E-state index in [9.17, 15) is 9.90 Å². The van der Waals surface area contributed by atoms with Crippen LogP contribution in [0.2, 0.25) is 0 Å². The topological polar surface area (TPSA) is 55.8 Å². The minimum absolute atomic E-state index is 0.328. The summed E-state index contributed by atoms with van der Waals surface area (Å²) in [6.07, 6.45) is -0.594. The molecule has 0 aromatic heterocycles. The summed E-state index contributed by atoms with van der Waals surface area (Å²) < 4.78 is 10.7. The molecule has 2 aromatic carbocycles. The molecule has 4 nitrogen and oxygen atoms in total. The van der Waals surface area contributed by atoms with Crippen molar-refractivity contribution in [3.63, 3.8) is 0 Å². The van der Waals surface area contributed by atoms with Crippen LogP contribution in [0.3, 0.4) is 0 Å². The minimum atomic E-state index is -0.975. The molecule has 1 N–H and O–H groups in total. The molecule has 0 amide bonds. The SMILES string of the molecule is COc1ccc(OC(Cc2cc(C)ccc2C)C(=O)O)cc1. The fourth-order valence-corrected chi connectivity index (χ4v) is 2.22. The van der Waals surface area contributed by atoms with Crippen LogP contribution in [0, 0.1) is 13.8 Å². The number of carbonyl (C=O) groups is 1. The Labute approximate surface area is 130 Å². The molecule has 0 heterocycles. The molecule has 4 heteroatoms. The first-order valence-electron chi connectivity index (χ1n) is 7.09. The molecule has 0 spiro atoms. The smallest absolute Gasteiger partial charge is 0.345 e. The summed E-state index contributed by atoms with van der Waals surface area (Å²) in [5.41, 5.74) is 3.16. The van der Waals surface area contributed by atoms with Crippen LogP contribution in [0.15, 0.2) is 42.5 Å². The van der Waals surface area contributed by atoms with Crippen molar-refractivity contribution in [2.24, 2.45) is 0 Å². The van der Waals surface area contributed by atoms with Crippen LogP contribution in [0.5, 0.6) is 11.5 Å². The van der Waals surface area contributed by atoms with Crippen molar-refractivity contribution in [2.45, 2.75) is 26.4 Å². The first-order valence-corrected chi connectivity index (χ1v) is 7.09. The predicted molar refractivity (Wildman–Crippen MR) is 84.7 cm³/mol. The van der Waals surface area contributed by atoms with Gasteiger partial charge in [-0.3, -0.25) is 0 Å². The maximum absolute atomic E-state index is 11.5. The van der Waals surface area contributed by atoms with E-state index in [1.807, 2.05) is 32.0 Å². The van der Waals surface area contributed by atoms with Crippen LogP contribution in [0.25, 0.3) is 0 Å². The molecule has 0 bridgehead atoms. The summed E-state index contributed by atoms with van der Waals surface area (Å²) in [7, 11) is 1.58. The van der Waals surface area contributed by atoms with Crippen molar-refractivity contribution in [3.8, 4) is 11.5 Å². The minimum Gasteiger partial charge on any atom is -0.497 e. The van der Waals surface area contributed by atoms with Gasteiger partial charge in [-0.15, -0.1) is 0 Å². The van der Waals surface area contributed by atoms with Crippen LogP contribution in [-0.2, 0) is 11.2 Å². The third-order valence-corrected chi connectivity index (χ3v) is 3.52. The molecule has 116 valence electrons. The largest absolute Gasteiger partial charge is 0.497 e. The number of rotatable bonds is 6. The number of aliphatic carboxylic acids is 1. The first kappa shape index (κ1) is 15.9. The molecule has 1 unspecified atom stereocenters. The van der Waals surface area contributed by atoms with Crippen molar-refractivity contribution in [3.05, 3.63) is 59.2 Å². The van der Waals surface area contributed by atoms with Crippen molar-refractivity contribution >= 4 is 5.97 Å². The van der Waals surface area contributed by atoms with Crippen molar-refractivity contribution in [1.29, 1.82) is 0 Å². The number of carboxylic acid groups (broad SMARTS) is 1. The Hall–Kier alpha value is -2.49. The Balaban J connectivity index is 2.15. The first-order chi connectivity index (χ1) is 10.5. The van der Waals surface area contributed by atoms with E-state index in [1.165, 1.54) is 0 Å². The van der Waals surface area contributed by atoms with Gasteiger partial charge in [0, 0.05) is 6.42 Å². The summed E-state index contributed by atoms with van der Waals surface area (Å²) in [6.45, 7) is 3.96. The summed E-state index contributed by atoms with van der Waals surface area (Å²) in [5, 5.41) is 9.41. The average Bonchev–Trinajstić information content (AvgIpc) is 2.50. The van der Waals surface area contributed by atoms with Gasteiger partial charge < -0.3 is 14.6 Å². The van der Waals surface area contributed by atoms with Crippen LogP contribution >= 0.6 is 0 Å². The van der Waals surface area contributed by atoms with Gasteiger partial charge in [-0.2, -0.15) is 0 Å². The van der Waals surface area contributed by atoms with Crippen LogP contribution < -0.4 is 9.47 Å². The zero-order chi connectivity index (χ0) is 16.1. The molecule has 2 aromatic rings. The predicted octanol–water partition coefficient (Wildman–Crippen LogP) is 3.39. The fraction of sp³-hybridized carbons (Fsp3) is 0.278. The Morgan fingerprint density at radius 2 is 1.73 bits per heavy atom.